The summed E-state index contributed by atoms with van der Waals surface area (Å²) in [5, 5.41) is 8.37. The topological polar surface area (TPSA) is 72.9 Å². The molecule has 1 aliphatic rings. The molecule has 0 spiro atoms. The summed E-state index contributed by atoms with van der Waals surface area (Å²) in [6, 6.07) is 8.05. The maximum absolute atomic E-state index is 13.2. The molecule has 1 amide bonds. The number of thiophene rings is 1. The number of aromatic nitrogens is 2. The number of hydrogen-bond donors (Lipinski definition) is 2. The predicted octanol–water partition coefficient (Wildman–Crippen LogP) is 3.42. The molecule has 0 bridgehead atoms. The van der Waals surface area contributed by atoms with Gasteiger partial charge in [0, 0.05) is 18.0 Å². The normalized spacial score (nSPS) is 14.9. The van der Waals surface area contributed by atoms with Crippen LogP contribution >= 0.6 is 23.7 Å². The number of carbonyl (C=O) groups is 1. The number of nitrogens with two attached hydrogens (primary N) is 1. The molecule has 1 aliphatic carbocycles. The fraction of sp³-hybridized carbons (Fsp3) is 0.333. The van der Waals surface area contributed by atoms with Gasteiger partial charge in [0.15, 0.2) is 0 Å². The molecule has 0 saturated heterocycles. The highest BCUT2D eigenvalue weighted by molar-refractivity contribution is 7.20. The lowest BCUT2D eigenvalue weighted by Gasteiger charge is -2.10. The van der Waals surface area contributed by atoms with Crippen LogP contribution in [0.4, 0.5) is 4.39 Å². The molecule has 8 heteroatoms. The average molecular weight is 395 g/mol. The zero-order valence-corrected chi connectivity index (χ0v) is 15.9. The van der Waals surface area contributed by atoms with Crippen LogP contribution in [-0.2, 0) is 0 Å². The molecule has 26 heavy (non-hydrogen) atoms. The molecule has 3 aromatic rings. The fourth-order valence-corrected chi connectivity index (χ4v) is 4.00. The van der Waals surface area contributed by atoms with Crippen molar-refractivity contribution >= 4 is 39.9 Å². The minimum absolute atomic E-state index is 0. The summed E-state index contributed by atoms with van der Waals surface area (Å²) in [5.74, 6) is 0.154. The quantitative estimate of drug-likeness (QED) is 0.696. The van der Waals surface area contributed by atoms with E-state index in [0.29, 0.717) is 17.3 Å². The number of carbonyl (C=O) groups excluding carboxylic acids is 1. The lowest BCUT2D eigenvalue weighted by Crippen LogP contribution is -2.38. The summed E-state index contributed by atoms with van der Waals surface area (Å²) in [4.78, 5) is 13.9. The molecule has 138 valence electrons. The Morgan fingerprint density at radius 3 is 2.77 bits per heavy atom. The second-order valence-corrected chi connectivity index (χ2v) is 7.55. The van der Waals surface area contributed by atoms with Crippen LogP contribution < -0.4 is 11.1 Å². The number of nitrogens with one attached hydrogen (secondary N) is 1. The molecular formula is C18H20ClFN4OS. The minimum Gasteiger partial charge on any atom is -0.350 e. The third-order valence-corrected chi connectivity index (χ3v) is 5.67. The summed E-state index contributed by atoms with van der Waals surface area (Å²) in [6.07, 6.45) is 2.32. The lowest BCUT2D eigenvalue weighted by atomic mass is 10.2. The van der Waals surface area contributed by atoms with Crippen LogP contribution in [0.5, 0.6) is 0 Å². The van der Waals surface area contributed by atoms with E-state index in [0.717, 1.165) is 34.4 Å². The average Bonchev–Trinajstić information content (AvgIpc) is 3.29. The van der Waals surface area contributed by atoms with Crippen molar-refractivity contribution in [1.82, 2.24) is 15.1 Å². The van der Waals surface area contributed by atoms with Gasteiger partial charge >= 0.3 is 0 Å². The van der Waals surface area contributed by atoms with E-state index in [4.69, 9.17) is 5.73 Å². The molecule has 1 saturated carbocycles. The lowest BCUT2D eigenvalue weighted by molar-refractivity contribution is 0.0954. The van der Waals surface area contributed by atoms with E-state index in [1.54, 1.807) is 16.8 Å². The molecule has 1 aromatic carbocycles. The van der Waals surface area contributed by atoms with Crippen molar-refractivity contribution < 1.29 is 9.18 Å². The van der Waals surface area contributed by atoms with Crippen LogP contribution in [0.2, 0.25) is 0 Å². The van der Waals surface area contributed by atoms with Gasteiger partial charge in [-0.3, -0.25) is 4.79 Å². The molecule has 3 N–H and O–H groups in total. The Balaban J connectivity index is 0.00000196. The van der Waals surface area contributed by atoms with Crippen LogP contribution in [0, 0.1) is 18.7 Å². The molecule has 4 rings (SSSR count). The summed E-state index contributed by atoms with van der Waals surface area (Å²) in [5.41, 5.74) is 7.65. The Kier molecular flexibility index (Phi) is 5.32. The number of rotatable bonds is 5. The van der Waals surface area contributed by atoms with Crippen LogP contribution in [0.1, 0.15) is 28.2 Å². The van der Waals surface area contributed by atoms with Crippen molar-refractivity contribution in [3.63, 3.8) is 0 Å². The molecule has 0 radical (unpaired) electrons. The van der Waals surface area contributed by atoms with Gasteiger partial charge in [-0.15, -0.1) is 23.7 Å². The fourth-order valence-electron chi connectivity index (χ4n) is 2.91. The van der Waals surface area contributed by atoms with E-state index >= 15 is 0 Å². The molecule has 5 nitrogen and oxygen atoms in total. The smallest absolute Gasteiger partial charge is 0.261 e. The van der Waals surface area contributed by atoms with E-state index in [9.17, 15) is 9.18 Å². The van der Waals surface area contributed by atoms with Gasteiger partial charge in [0.2, 0.25) is 0 Å². The van der Waals surface area contributed by atoms with Crippen molar-refractivity contribution in [2.45, 2.75) is 25.8 Å². The third-order valence-electron chi connectivity index (χ3n) is 4.57. The van der Waals surface area contributed by atoms with Crippen LogP contribution in [0.15, 0.2) is 30.3 Å². The first-order chi connectivity index (χ1) is 12.0. The molecule has 1 atom stereocenters. The number of fused-ring (bicyclic) bond motifs is 1. The maximum Gasteiger partial charge on any atom is 0.261 e. The van der Waals surface area contributed by atoms with E-state index < -0.39 is 0 Å². The number of amides is 1. The second-order valence-electron chi connectivity index (χ2n) is 6.51. The monoisotopic (exact) mass is 394 g/mol. The summed E-state index contributed by atoms with van der Waals surface area (Å²) >= 11 is 1.38. The van der Waals surface area contributed by atoms with E-state index in [1.165, 1.54) is 23.5 Å². The standard InChI is InChI=1S/C18H19FN4OS.ClH/c1-10-14-8-16(17(24)21-9-15(20)11-2-3-11)25-18(14)23(22-10)13-6-4-12(19)5-7-13;/h4-8,11,15H,2-3,9,20H2,1H3,(H,21,24);1H. The van der Waals surface area contributed by atoms with Gasteiger partial charge in [0.1, 0.15) is 10.6 Å². The minimum atomic E-state index is -0.290. The summed E-state index contributed by atoms with van der Waals surface area (Å²) < 4.78 is 14.9. The molecule has 2 aromatic heterocycles. The van der Waals surface area contributed by atoms with Gasteiger partial charge in [-0.05, 0) is 56.0 Å². The summed E-state index contributed by atoms with van der Waals surface area (Å²) in [7, 11) is 0. The Labute approximate surface area is 160 Å². The van der Waals surface area contributed by atoms with Crippen LogP contribution in [0.25, 0.3) is 15.9 Å². The van der Waals surface area contributed by atoms with Gasteiger partial charge in [-0.1, -0.05) is 0 Å². The van der Waals surface area contributed by atoms with E-state index in [1.807, 2.05) is 13.0 Å². The number of nitrogens with zero attached hydrogens (tertiary/aromatic N) is 2. The highest BCUT2D eigenvalue weighted by Crippen LogP contribution is 2.32. The first kappa shape index (κ1) is 18.8. The maximum atomic E-state index is 13.2. The van der Waals surface area contributed by atoms with Gasteiger partial charge in [0.05, 0.1) is 16.3 Å². The highest BCUT2D eigenvalue weighted by atomic mass is 35.5. The number of hydrogen-bond acceptors (Lipinski definition) is 4. The van der Waals surface area contributed by atoms with Crippen molar-refractivity contribution in [3.8, 4) is 5.69 Å². The zero-order chi connectivity index (χ0) is 17.6. The number of halogens is 2. The highest BCUT2D eigenvalue weighted by Gasteiger charge is 2.28. The Bertz CT molecular complexity index is 933. The molecular weight excluding hydrogens is 375 g/mol. The van der Waals surface area contributed by atoms with Gasteiger partial charge in [-0.2, -0.15) is 5.10 Å². The van der Waals surface area contributed by atoms with Crippen molar-refractivity contribution in [1.29, 1.82) is 0 Å². The predicted molar refractivity (Wildman–Crippen MR) is 104 cm³/mol. The van der Waals surface area contributed by atoms with E-state index in [2.05, 4.69) is 10.4 Å². The van der Waals surface area contributed by atoms with Crippen molar-refractivity contribution in [2.24, 2.45) is 11.7 Å². The zero-order valence-electron chi connectivity index (χ0n) is 14.2. The Hall–Kier alpha value is -1.96. The molecule has 2 heterocycles. The SMILES string of the molecule is Cc1nn(-c2ccc(F)cc2)c2sc(C(=O)NCC(N)C3CC3)cc12.Cl. The van der Waals surface area contributed by atoms with E-state index in [-0.39, 0.29) is 30.2 Å². The van der Waals surface area contributed by atoms with Gasteiger partial charge in [0.25, 0.3) is 5.91 Å². The van der Waals surface area contributed by atoms with Crippen molar-refractivity contribution in [2.75, 3.05) is 6.54 Å². The summed E-state index contributed by atoms with van der Waals surface area (Å²) in [6.45, 7) is 2.40. The molecule has 1 unspecified atom stereocenters. The Morgan fingerprint density at radius 1 is 1.42 bits per heavy atom. The van der Waals surface area contributed by atoms with Gasteiger partial charge < -0.3 is 11.1 Å². The third kappa shape index (κ3) is 3.60. The number of aryl methyl sites for hydroxylation is 1. The van der Waals surface area contributed by atoms with Crippen LogP contribution in [0.3, 0.4) is 0 Å². The number of benzene rings is 1. The van der Waals surface area contributed by atoms with Crippen LogP contribution in [-0.4, -0.2) is 28.3 Å². The largest absolute Gasteiger partial charge is 0.350 e. The molecule has 0 aliphatic heterocycles. The Morgan fingerprint density at radius 2 is 2.12 bits per heavy atom. The molecule has 1 fully saturated rings. The first-order valence-electron chi connectivity index (χ1n) is 8.32. The van der Waals surface area contributed by atoms with Crippen molar-refractivity contribution in [3.05, 3.63) is 46.7 Å². The second kappa shape index (κ2) is 7.34. The first-order valence-corrected chi connectivity index (χ1v) is 9.13. The van der Waals surface area contributed by atoms with Gasteiger partial charge in [-0.25, -0.2) is 9.07 Å².